The lowest BCUT2D eigenvalue weighted by Gasteiger charge is -2.40. The molecular weight excluding hydrogens is 250 g/mol. The molecule has 5 atom stereocenters. The van der Waals surface area contributed by atoms with Crippen molar-refractivity contribution in [1.82, 2.24) is 5.32 Å². The van der Waals surface area contributed by atoms with E-state index in [2.05, 4.69) is 5.32 Å². The van der Waals surface area contributed by atoms with E-state index in [0.717, 1.165) is 5.56 Å². The van der Waals surface area contributed by atoms with Gasteiger partial charge < -0.3 is 30.5 Å². The van der Waals surface area contributed by atoms with Crippen LogP contribution in [0.15, 0.2) is 30.3 Å². The van der Waals surface area contributed by atoms with Gasteiger partial charge >= 0.3 is 0 Å². The number of ether oxygens (including phenoxy) is 1. The Morgan fingerprint density at radius 2 is 1.74 bits per heavy atom. The molecule has 0 radical (unpaired) electrons. The van der Waals surface area contributed by atoms with Crippen LogP contribution in [0.4, 0.5) is 0 Å². The highest BCUT2D eigenvalue weighted by molar-refractivity contribution is 5.14. The fraction of sp³-hybridized carbons (Fsp3) is 0.538. The summed E-state index contributed by atoms with van der Waals surface area (Å²) < 4.78 is 4.91. The molecule has 0 aliphatic carbocycles. The highest BCUT2D eigenvalue weighted by Crippen LogP contribution is 2.20. The number of nitrogens with one attached hydrogen (secondary N) is 1. The molecule has 6 nitrogen and oxygen atoms in total. The van der Waals surface area contributed by atoms with E-state index in [1.165, 1.54) is 0 Å². The Kier molecular flexibility index (Phi) is 4.87. The topological polar surface area (TPSA) is 102 Å². The molecule has 5 N–H and O–H groups in total. The zero-order chi connectivity index (χ0) is 13.8. The van der Waals surface area contributed by atoms with E-state index < -0.39 is 37.3 Å². The van der Waals surface area contributed by atoms with Crippen LogP contribution in [0, 0.1) is 0 Å². The van der Waals surface area contributed by atoms with Crippen LogP contribution in [0.2, 0.25) is 0 Å². The first-order valence-corrected chi connectivity index (χ1v) is 6.21. The first kappa shape index (κ1) is 14.4. The third-order valence-corrected chi connectivity index (χ3v) is 3.29. The van der Waals surface area contributed by atoms with E-state index in [1.54, 1.807) is 0 Å². The van der Waals surface area contributed by atoms with Gasteiger partial charge in [0, 0.05) is 6.54 Å². The van der Waals surface area contributed by atoms with Gasteiger partial charge in [0.1, 0.15) is 18.3 Å². The van der Waals surface area contributed by atoms with E-state index >= 15 is 0 Å². The average molecular weight is 269 g/mol. The molecule has 1 fully saturated rings. The van der Waals surface area contributed by atoms with Gasteiger partial charge in [0.25, 0.3) is 0 Å². The monoisotopic (exact) mass is 269 g/mol. The summed E-state index contributed by atoms with van der Waals surface area (Å²) in [6.45, 7) is 0.0129. The van der Waals surface area contributed by atoms with Crippen LogP contribution in [-0.4, -0.2) is 57.7 Å². The third kappa shape index (κ3) is 3.30. The fourth-order valence-corrected chi connectivity index (χ4v) is 2.17. The smallest absolute Gasteiger partial charge is 0.183 e. The lowest BCUT2D eigenvalue weighted by atomic mass is 9.96. The number of hydrogen-bond acceptors (Lipinski definition) is 6. The third-order valence-electron chi connectivity index (χ3n) is 3.29. The molecule has 0 amide bonds. The van der Waals surface area contributed by atoms with Crippen molar-refractivity contribution in [3.63, 3.8) is 0 Å². The zero-order valence-corrected chi connectivity index (χ0v) is 10.4. The van der Waals surface area contributed by atoms with Gasteiger partial charge in [-0.2, -0.15) is 0 Å². The van der Waals surface area contributed by atoms with Crippen molar-refractivity contribution in [2.24, 2.45) is 0 Å². The predicted octanol–water partition coefficient (Wildman–Crippen LogP) is -1.42. The highest BCUT2D eigenvalue weighted by Gasteiger charge is 2.43. The lowest BCUT2D eigenvalue weighted by Crippen LogP contribution is -2.63. The van der Waals surface area contributed by atoms with Crippen LogP contribution in [-0.2, 0) is 11.3 Å². The summed E-state index contributed by atoms with van der Waals surface area (Å²) in [5.74, 6) is 0. The van der Waals surface area contributed by atoms with E-state index in [9.17, 15) is 15.3 Å². The Bertz CT molecular complexity index is 388. The van der Waals surface area contributed by atoms with E-state index in [0.29, 0.717) is 6.54 Å². The SMILES string of the molecule is OC[C@H]1O[C@H](O)[C@@H](O)[C@H](NCc2ccccc2)[C@@H]1O. The van der Waals surface area contributed by atoms with Crippen LogP contribution < -0.4 is 5.32 Å². The number of aliphatic hydroxyl groups excluding tert-OH is 4. The minimum Gasteiger partial charge on any atom is -0.394 e. The Morgan fingerprint density at radius 1 is 1.05 bits per heavy atom. The van der Waals surface area contributed by atoms with E-state index in [4.69, 9.17) is 9.84 Å². The van der Waals surface area contributed by atoms with Gasteiger partial charge in [0.2, 0.25) is 0 Å². The summed E-state index contributed by atoms with van der Waals surface area (Å²) in [6, 6.07) is 8.72. The van der Waals surface area contributed by atoms with Crippen molar-refractivity contribution in [2.45, 2.75) is 37.2 Å². The first-order valence-electron chi connectivity index (χ1n) is 6.21. The van der Waals surface area contributed by atoms with Crippen molar-refractivity contribution in [2.75, 3.05) is 6.61 Å². The molecular formula is C13H19NO5. The Hall–Kier alpha value is -1.02. The Morgan fingerprint density at radius 3 is 2.37 bits per heavy atom. The second-order valence-corrected chi connectivity index (χ2v) is 4.62. The molecule has 0 saturated carbocycles. The van der Waals surface area contributed by atoms with Crippen LogP contribution in [0.1, 0.15) is 5.56 Å². The summed E-state index contributed by atoms with van der Waals surface area (Å²) in [7, 11) is 0. The summed E-state index contributed by atoms with van der Waals surface area (Å²) in [5.41, 5.74) is 0.989. The molecule has 0 unspecified atom stereocenters. The zero-order valence-electron chi connectivity index (χ0n) is 10.4. The second-order valence-electron chi connectivity index (χ2n) is 4.62. The van der Waals surface area contributed by atoms with Crippen molar-refractivity contribution in [1.29, 1.82) is 0 Å². The number of benzene rings is 1. The van der Waals surface area contributed by atoms with Crippen molar-refractivity contribution >= 4 is 0 Å². The van der Waals surface area contributed by atoms with E-state index in [-0.39, 0.29) is 0 Å². The maximum Gasteiger partial charge on any atom is 0.183 e. The normalized spacial score (nSPS) is 35.3. The van der Waals surface area contributed by atoms with Crippen LogP contribution in [0.5, 0.6) is 0 Å². The molecule has 1 aliphatic rings. The summed E-state index contributed by atoms with van der Waals surface area (Å²) >= 11 is 0. The minimum atomic E-state index is -1.42. The van der Waals surface area contributed by atoms with E-state index in [1.807, 2.05) is 30.3 Å². The molecule has 1 aliphatic heterocycles. The number of rotatable bonds is 4. The van der Waals surface area contributed by atoms with Gasteiger partial charge in [-0.25, -0.2) is 0 Å². The Labute approximate surface area is 111 Å². The van der Waals surface area contributed by atoms with Crippen molar-refractivity contribution in [3.05, 3.63) is 35.9 Å². The van der Waals surface area contributed by atoms with Crippen molar-refractivity contribution < 1.29 is 25.2 Å². The minimum absolute atomic E-state index is 0.422. The summed E-state index contributed by atoms with van der Waals surface area (Å²) in [6.07, 6.45) is -4.67. The quantitative estimate of drug-likeness (QED) is 0.459. The molecule has 1 aromatic carbocycles. The molecule has 106 valence electrons. The summed E-state index contributed by atoms with van der Waals surface area (Å²) in [4.78, 5) is 0. The maximum atomic E-state index is 9.98. The summed E-state index contributed by atoms with van der Waals surface area (Å²) in [5, 5.41) is 41.4. The number of aliphatic hydroxyl groups is 4. The largest absolute Gasteiger partial charge is 0.394 e. The molecule has 19 heavy (non-hydrogen) atoms. The molecule has 1 heterocycles. The van der Waals surface area contributed by atoms with Crippen molar-refractivity contribution in [3.8, 4) is 0 Å². The molecule has 0 spiro atoms. The maximum absolute atomic E-state index is 9.98. The molecule has 6 heteroatoms. The number of hydrogen-bond donors (Lipinski definition) is 5. The van der Waals surface area contributed by atoms with Crippen LogP contribution >= 0.6 is 0 Å². The lowest BCUT2D eigenvalue weighted by molar-refractivity contribution is -0.262. The Balaban J connectivity index is 2.00. The van der Waals surface area contributed by atoms with Gasteiger partial charge in [0.15, 0.2) is 6.29 Å². The van der Waals surface area contributed by atoms with Gasteiger partial charge in [-0.15, -0.1) is 0 Å². The molecule has 0 bridgehead atoms. The van der Waals surface area contributed by atoms with Gasteiger partial charge in [-0.1, -0.05) is 30.3 Å². The van der Waals surface area contributed by atoms with Crippen LogP contribution in [0.3, 0.4) is 0 Å². The molecule has 2 rings (SSSR count). The standard InChI is InChI=1S/C13H19NO5/c15-7-9-11(16)10(12(17)13(18)19-9)14-6-8-4-2-1-3-5-8/h1-5,9-18H,6-7H2/t9-,10-,11-,12+,13+/m1/s1. The molecule has 1 saturated heterocycles. The highest BCUT2D eigenvalue weighted by atomic mass is 16.6. The molecule has 0 aromatic heterocycles. The fourth-order valence-electron chi connectivity index (χ4n) is 2.17. The van der Waals surface area contributed by atoms with Crippen LogP contribution in [0.25, 0.3) is 0 Å². The predicted molar refractivity (Wildman–Crippen MR) is 67.0 cm³/mol. The average Bonchev–Trinajstić information content (AvgIpc) is 2.44. The van der Waals surface area contributed by atoms with Gasteiger partial charge in [-0.3, -0.25) is 0 Å². The molecule has 1 aromatic rings. The van der Waals surface area contributed by atoms with Gasteiger partial charge in [0.05, 0.1) is 12.6 Å². The van der Waals surface area contributed by atoms with Gasteiger partial charge in [-0.05, 0) is 5.56 Å². The second kappa shape index (κ2) is 6.42. The first-order chi connectivity index (χ1) is 9.13.